The van der Waals surface area contributed by atoms with Crippen LogP contribution in [0.15, 0.2) is 16.8 Å². The van der Waals surface area contributed by atoms with E-state index in [2.05, 4.69) is 20.7 Å². The van der Waals surface area contributed by atoms with Crippen LogP contribution in [0.3, 0.4) is 0 Å². The Labute approximate surface area is 104 Å². The highest BCUT2D eigenvalue weighted by Gasteiger charge is 2.12. The lowest BCUT2D eigenvalue weighted by Gasteiger charge is -2.00. The van der Waals surface area contributed by atoms with Gasteiger partial charge in [-0.05, 0) is 6.92 Å². The first kappa shape index (κ1) is 12.3. The third-order valence-corrected chi connectivity index (χ3v) is 2.45. The SMILES string of the molecule is COCc1cc(C(=O)NCc2cn[nH]c2C)no1. The van der Waals surface area contributed by atoms with Crippen molar-refractivity contribution in [2.45, 2.75) is 20.1 Å². The summed E-state index contributed by atoms with van der Waals surface area (Å²) in [7, 11) is 1.55. The molecule has 2 heterocycles. The Morgan fingerprint density at radius 2 is 2.44 bits per heavy atom. The second kappa shape index (κ2) is 5.46. The van der Waals surface area contributed by atoms with Crippen molar-refractivity contribution in [3.63, 3.8) is 0 Å². The van der Waals surface area contributed by atoms with E-state index >= 15 is 0 Å². The van der Waals surface area contributed by atoms with Gasteiger partial charge in [0.1, 0.15) is 6.61 Å². The van der Waals surface area contributed by atoms with Gasteiger partial charge in [-0.3, -0.25) is 9.89 Å². The molecule has 0 aliphatic heterocycles. The number of amides is 1. The highest BCUT2D eigenvalue weighted by atomic mass is 16.5. The number of H-pyrrole nitrogens is 1. The zero-order valence-corrected chi connectivity index (χ0v) is 10.2. The van der Waals surface area contributed by atoms with Crippen molar-refractivity contribution in [3.8, 4) is 0 Å². The van der Waals surface area contributed by atoms with Gasteiger partial charge in [-0.25, -0.2) is 0 Å². The molecule has 0 spiro atoms. The average Bonchev–Trinajstić information content (AvgIpc) is 2.96. The van der Waals surface area contributed by atoms with Crippen molar-refractivity contribution < 1.29 is 14.1 Å². The Balaban J connectivity index is 1.93. The van der Waals surface area contributed by atoms with E-state index < -0.39 is 0 Å². The standard InChI is InChI=1S/C11H14N4O3/c1-7-8(5-13-14-7)4-12-11(16)10-3-9(6-17-2)18-15-10/h3,5H,4,6H2,1-2H3,(H,12,16)(H,13,14). The van der Waals surface area contributed by atoms with Crippen LogP contribution in [0.5, 0.6) is 0 Å². The van der Waals surface area contributed by atoms with Gasteiger partial charge in [0.25, 0.3) is 5.91 Å². The van der Waals surface area contributed by atoms with Crippen LogP contribution in [0, 0.1) is 6.92 Å². The van der Waals surface area contributed by atoms with E-state index in [1.165, 1.54) is 0 Å². The molecular formula is C11H14N4O3. The van der Waals surface area contributed by atoms with E-state index in [-0.39, 0.29) is 11.6 Å². The third-order valence-electron chi connectivity index (χ3n) is 2.45. The van der Waals surface area contributed by atoms with Crippen molar-refractivity contribution >= 4 is 5.91 Å². The number of hydrogen-bond donors (Lipinski definition) is 2. The number of hydrogen-bond acceptors (Lipinski definition) is 5. The molecule has 96 valence electrons. The number of nitrogens with zero attached hydrogens (tertiary/aromatic N) is 2. The van der Waals surface area contributed by atoms with E-state index in [0.717, 1.165) is 11.3 Å². The second-order valence-corrected chi connectivity index (χ2v) is 3.81. The highest BCUT2D eigenvalue weighted by Crippen LogP contribution is 2.06. The Morgan fingerprint density at radius 1 is 1.61 bits per heavy atom. The molecule has 0 atom stereocenters. The number of rotatable bonds is 5. The van der Waals surface area contributed by atoms with Crippen LogP contribution in [0.4, 0.5) is 0 Å². The summed E-state index contributed by atoms with van der Waals surface area (Å²) in [6.07, 6.45) is 1.68. The van der Waals surface area contributed by atoms with Crippen molar-refractivity contribution in [2.75, 3.05) is 7.11 Å². The molecule has 0 saturated carbocycles. The molecule has 7 heteroatoms. The molecule has 0 unspecified atom stereocenters. The smallest absolute Gasteiger partial charge is 0.273 e. The summed E-state index contributed by atoms with van der Waals surface area (Å²) in [6.45, 7) is 2.58. The summed E-state index contributed by atoms with van der Waals surface area (Å²) in [5.41, 5.74) is 2.10. The number of aromatic nitrogens is 3. The molecule has 18 heavy (non-hydrogen) atoms. The molecule has 2 rings (SSSR count). The van der Waals surface area contributed by atoms with Crippen molar-refractivity contribution in [2.24, 2.45) is 0 Å². The first-order valence-electron chi connectivity index (χ1n) is 5.42. The minimum absolute atomic E-state index is 0.239. The maximum absolute atomic E-state index is 11.8. The number of aromatic amines is 1. The maximum Gasteiger partial charge on any atom is 0.273 e. The van der Waals surface area contributed by atoms with Crippen LogP contribution >= 0.6 is 0 Å². The van der Waals surface area contributed by atoms with Gasteiger partial charge in [0, 0.05) is 31.0 Å². The van der Waals surface area contributed by atoms with Gasteiger partial charge in [0.2, 0.25) is 0 Å². The quantitative estimate of drug-likeness (QED) is 0.818. The molecule has 0 fully saturated rings. The minimum atomic E-state index is -0.290. The lowest BCUT2D eigenvalue weighted by Crippen LogP contribution is -2.23. The number of carbonyl (C=O) groups is 1. The van der Waals surface area contributed by atoms with Crippen LogP contribution in [0.1, 0.15) is 27.5 Å². The highest BCUT2D eigenvalue weighted by molar-refractivity contribution is 5.92. The molecule has 0 aliphatic rings. The first-order valence-corrected chi connectivity index (χ1v) is 5.42. The topological polar surface area (TPSA) is 93.0 Å². The molecule has 0 radical (unpaired) electrons. The van der Waals surface area contributed by atoms with E-state index in [1.54, 1.807) is 19.4 Å². The van der Waals surface area contributed by atoms with Gasteiger partial charge in [-0.1, -0.05) is 5.16 Å². The molecule has 0 bridgehead atoms. The van der Waals surface area contributed by atoms with Gasteiger partial charge >= 0.3 is 0 Å². The maximum atomic E-state index is 11.8. The normalized spacial score (nSPS) is 10.6. The monoisotopic (exact) mass is 250 g/mol. The lowest BCUT2D eigenvalue weighted by molar-refractivity contribution is 0.0941. The summed E-state index contributed by atoms with van der Waals surface area (Å²) in [5, 5.41) is 13.1. The Kier molecular flexibility index (Phi) is 3.73. The van der Waals surface area contributed by atoms with E-state index in [0.29, 0.717) is 18.9 Å². The van der Waals surface area contributed by atoms with Gasteiger partial charge < -0.3 is 14.6 Å². The Hall–Kier alpha value is -2.15. The average molecular weight is 250 g/mol. The Morgan fingerprint density at radius 3 is 3.11 bits per heavy atom. The molecule has 1 amide bonds. The molecular weight excluding hydrogens is 236 g/mol. The van der Waals surface area contributed by atoms with Crippen molar-refractivity contribution in [1.82, 2.24) is 20.7 Å². The zero-order valence-electron chi connectivity index (χ0n) is 10.2. The largest absolute Gasteiger partial charge is 0.377 e. The summed E-state index contributed by atoms with van der Waals surface area (Å²) in [6, 6.07) is 1.56. The minimum Gasteiger partial charge on any atom is -0.377 e. The second-order valence-electron chi connectivity index (χ2n) is 3.81. The van der Waals surface area contributed by atoms with Gasteiger partial charge in [0.05, 0.1) is 6.20 Å². The predicted molar refractivity (Wildman–Crippen MR) is 61.7 cm³/mol. The van der Waals surface area contributed by atoms with Gasteiger partial charge in [-0.2, -0.15) is 5.10 Å². The molecule has 7 nitrogen and oxygen atoms in total. The fourth-order valence-corrected chi connectivity index (χ4v) is 1.45. The zero-order chi connectivity index (χ0) is 13.0. The molecule has 2 aromatic rings. The van der Waals surface area contributed by atoms with Gasteiger partial charge in [-0.15, -0.1) is 0 Å². The number of ether oxygens (including phenoxy) is 1. The number of carbonyl (C=O) groups excluding carboxylic acids is 1. The summed E-state index contributed by atoms with van der Waals surface area (Å²) < 4.78 is 9.81. The predicted octanol–water partition coefficient (Wildman–Crippen LogP) is 0.783. The van der Waals surface area contributed by atoms with Crippen LogP contribution in [0.25, 0.3) is 0 Å². The summed E-state index contributed by atoms with van der Waals surface area (Å²) >= 11 is 0. The van der Waals surface area contributed by atoms with Crippen LogP contribution in [-0.2, 0) is 17.9 Å². The van der Waals surface area contributed by atoms with Crippen LogP contribution in [-0.4, -0.2) is 28.4 Å². The van der Waals surface area contributed by atoms with E-state index in [9.17, 15) is 4.79 Å². The van der Waals surface area contributed by atoms with Gasteiger partial charge in [0.15, 0.2) is 11.5 Å². The number of aryl methyl sites for hydroxylation is 1. The van der Waals surface area contributed by atoms with Crippen molar-refractivity contribution in [3.05, 3.63) is 35.0 Å². The molecule has 0 aromatic carbocycles. The number of methoxy groups -OCH3 is 1. The fraction of sp³-hybridized carbons (Fsp3) is 0.364. The van der Waals surface area contributed by atoms with Crippen molar-refractivity contribution in [1.29, 1.82) is 0 Å². The molecule has 0 saturated heterocycles. The molecule has 2 aromatic heterocycles. The van der Waals surface area contributed by atoms with E-state index in [4.69, 9.17) is 9.26 Å². The first-order chi connectivity index (χ1) is 8.70. The fourth-order valence-electron chi connectivity index (χ4n) is 1.45. The lowest BCUT2D eigenvalue weighted by atomic mass is 10.2. The third kappa shape index (κ3) is 2.75. The Bertz CT molecular complexity index is 532. The summed E-state index contributed by atoms with van der Waals surface area (Å²) in [4.78, 5) is 11.8. The molecule has 2 N–H and O–H groups in total. The molecule has 0 aliphatic carbocycles. The van der Waals surface area contributed by atoms with E-state index in [1.807, 2.05) is 6.92 Å². The van der Waals surface area contributed by atoms with Crippen LogP contribution in [0.2, 0.25) is 0 Å². The summed E-state index contributed by atoms with van der Waals surface area (Å²) in [5.74, 6) is 0.226. The number of nitrogens with one attached hydrogen (secondary N) is 2. The van der Waals surface area contributed by atoms with Crippen LogP contribution < -0.4 is 5.32 Å².